The molecule has 1 aromatic heterocycles. The third-order valence-electron chi connectivity index (χ3n) is 4.20. The van der Waals surface area contributed by atoms with E-state index in [1.807, 2.05) is 0 Å². The van der Waals surface area contributed by atoms with Crippen LogP contribution in [0.15, 0.2) is 22.8 Å². The molecule has 2 heterocycles. The fraction of sp³-hybridized carbons (Fsp3) is 0.375. The first kappa shape index (κ1) is 16.0. The van der Waals surface area contributed by atoms with E-state index in [2.05, 4.69) is 37.4 Å². The van der Waals surface area contributed by atoms with E-state index in [1.54, 1.807) is 12.3 Å². The molecule has 7 heteroatoms. The Hall–Kier alpha value is -1.91. The fourth-order valence-corrected chi connectivity index (χ4v) is 3.21. The Morgan fingerprint density at radius 3 is 2.87 bits per heavy atom. The van der Waals surface area contributed by atoms with E-state index in [4.69, 9.17) is 11.0 Å². The van der Waals surface area contributed by atoms with Crippen LogP contribution in [0, 0.1) is 23.1 Å². The van der Waals surface area contributed by atoms with Crippen LogP contribution in [-0.4, -0.2) is 23.1 Å². The molecule has 0 bridgehead atoms. The van der Waals surface area contributed by atoms with Gasteiger partial charge in [-0.3, -0.25) is 4.98 Å². The number of nitrogens with two attached hydrogens (primary N) is 1. The molecule has 1 aliphatic heterocycles. The maximum absolute atomic E-state index is 13.7. The third-order valence-corrected chi connectivity index (χ3v) is 4.81. The molecule has 5 nitrogen and oxygen atoms in total. The van der Waals surface area contributed by atoms with E-state index < -0.39 is 0 Å². The van der Waals surface area contributed by atoms with E-state index in [0.717, 1.165) is 37.0 Å². The van der Waals surface area contributed by atoms with E-state index in [9.17, 15) is 4.39 Å². The molecule has 0 atom stereocenters. The first-order chi connectivity index (χ1) is 11.1. The van der Waals surface area contributed by atoms with Gasteiger partial charge < -0.3 is 11.2 Å². The van der Waals surface area contributed by atoms with Gasteiger partial charge in [-0.2, -0.15) is 5.26 Å². The zero-order valence-corrected chi connectivity index (χ0v) is 14.1. The van der Waals surface area contributed by atoms with Crippen molar-refractivity contribution in [1.82, 2.24) is 9.99 Å². The molecular weight excluding hydrogens is 361 g/mol. The summed E-state index contributed by atoms with van der Waals surface area (Å²) in [7, 11) is 0. The summed E-state index contributed by atoms with van der Waals surface area (Å²) in [5.41, 5.74) is 11.2. The molecule has 0 unspecified atom stereocenters. The molecule has 0 aliphatic carbocycles. The van der Waals surface area contributed by atoms with Gasteiger partial charge >= 0.3 is 0 Å². The number of piperidine rings is 1. The van der Waals surface area contributed by atoms with Crippen LogP contribution in [0.5, 0.6) is 0 Å². The number of fused-ring (bicyclic) bond motifs is 1. The number of nitrogen functional groups attached to an aromatic ring is 1. The van der Waals surface area contributed by atoms with Crippen LogP contribution in [0.2, 0.25) is 0 Å². The molecule has 0 amide bonds. The lowest BCUT2D eigenvalue weighted by atomic mass is 9.95. The molecule has 1 saturated heterocycles. The molecule has 23 heavy (non-hydrogen) atoms. The van der Waals surface area contributed by atoms with Crippen molar-refractivity contribution in [3.8, 4) is 6.07 Å². The second-order valence-electron chi connectivity index (χ2n) is 5.78. The number of halogens is 2. The zero-order chi connectivity index (χ0) is 16.4. The number of pyridine rings is 1. The SMILES string of the molecule is N#CCC1CCN(Nc2c(N)cnc3cc(F)c(Br)cc23)CC1. The molecule has 3 rings (SSSR count). The number of benzene rings is 1. The highest BCUT2D eigenvalue weighted by Crippen LogP contribution is 2.32. The van der Waals surface area contributed by atoms with Crippen molar-refractivity contribution in [3.05, 3.63) is 28.6 Å². The highest BCUT2D eigenvalue weighted by Gasteiger charge is 2.20. The van der Waals surface area contributed by atoms with Crippen LogP contribution in [0.25, 0.3) is 10.9 Å². The van der Waals surface area contributed by atoms with Crippen LogP contribution in [0.4, 0.5) is 15.8 Å². The minimum Gasteiger partial charge on any atom is -0.396 e. The summed E-state index contributed by atoms with van der Waals surface area (Å²) in [6, 6.07) is 5.32. The highest BCUT2D eigenvalue weighted by atomic mass is 79.9. The number of hydrogen-bond acceptors (Lipinski definition) is 5. The van der Waals surface area contributed by atoms with Gasteiger partial charge in [-0.25, -0.2) is 9.40 Å². The van der Waals surface area contributed by atoms with Crippen molar-refractivity contribution < 1.29 is 4.39 Å². The number of rotatable bonds is 3. The number of anilines is 2. The van der Waals surface area contributed by atoms with Gasteiger partial charge in [0.25, 0.3) is 0 Å². The topological polar surface area (TPSA) is 78.0 Å². The van der Waals surface area contributed by atoms with Crippen molar-refractivity contribution >= 4 is 38.2 Å². The average molecular weight is 378 g/mol. The minimum atomic E-state index is -0.349. The summed E-state index contributed by atoms with van der Waals surface area (Å²) >= 11 is 3.21. The summed E-state index contributed by atoms with van der Waals surface area (Å²) in [5.74, 6) is 0.117. The van der Waals surface area contributed by atoms with Gasteiger partial charge in [-0.1, -0.05) is 0 Å². The number of nitrogens with one attached hydrogen (secondary N) is 1. The molecule has 120 valence electrons. The van der Waals surface area contributed by atoms with Crippen LogP contribution < -0.4 is 11.2 Å². The van der Waals surface area contributed by atoms with Crippen molar-refractivity contribution in [2.75, 3.05) is 24.2 Å². The van der Waals surface area contributed by atoms with Crippen LogP contribution in [0.1, 0.15) is 19.3 Å². The Bertz CT molecular complexity index is 765. The summed E-state index contributed by atoms with van der Waals surface area (Å²) < 4.78 is 14.1. The van der Waals surface area contributed by atoms with Gasteiger partial charge in [0, 0.05) is 31.0 Å². The second-order valence-corrected chi connectivity index (χ2v) is 6.63. The van der Waals surface area contributed by atoms with E-state index >= 15 is 0 Å². The fourth-order valence-electron chi connectivity index (χ4n) is 2.86. The minimum absolute atomic E-state index is 0.349. The molecule has 0 saturated carbocycles. The van der Waals surface area contributed by atoms with E-state index in [1.165, 1.54) is 6.07 Å². The summed E-state index contributed by atoms with van der Waals surface area (Å²) in [5, 5.41) is 11.7. The smallest absolute Gasteiger partial charge is 0.139 e. The van der Waals surface area contributed by atoms with Gasteiger partial charge in [0.15, 0.2) is 0 Å². The Balaban J connectivity index is 1.84. The Kier molecular flexibility index (Phi) is 4.64. The number of nitrogens with zero attached hydrogens (tertiary/aromatic N) is 3. The third kappa shape index (κ3) is 3.38. The Morgan fingerprint density at radius 2 is 2.17 bits per heavy atom. The normalized spacial score (nSPS) is 16.4. The summed E-state index contributed by atoms with van der Waals surface area (Å²) in [6.07, 6.45) is 4.10. The van der Waals surface area contributed by atoms with Crippen LogP contribution in [0.3, 0.4) is 0 Å². The lowest BCUT2D eigenvalue weighted by Crippen LogP contribution is -2.38. The van der Waals surface area contributed by atoms with Crippen molar-refractivity contribution in [3.63, 3.8) is 0 Å². The maximum atomic E-state index is 13.7. The average Bonchev–Trinajstić information content (AvgIpc) is 2.54. The van der Waals surface area contributed by atoms with Crippen molar-refractivity contribution in [2.45, 2.75) is 19.3 Å². The quantitative estimate of drug-likeness (QED) is 0.852. The monoisotopic (exact) mass is 377 g/mol. The van der Waals surface area contributed by atoms with Gasteiger partial charge in [0.1, 0.15) is 5.82 Å². The molecule has 1 fully saturated rings. The van der Waals surface area contributed by atoms with Crippen molar-refractivity contribution in [2.24, 2.45) is 5.92 Å². The molecule has 1 aromatic carbocycles. The summed E-state index contributed by atoms with van der Waals surface area (Å²) in [4.78, 5) is 4.19. The predicted molar refractivity (Wildman–Crippen MR) is 92.0 cm³/mol. The van der Waals surface area contributed by atoms with Gasteiger partial charge in [0.2, 0.25) is 0 Å². The first-order valence-electron chi connectivity index (χ1n) is 7.50. The number of hydrogen-bond donors (Lipinski definition) is 2. The Labute approximate surface area is 142 Å². The van der Waals surface area contributed by atoms with E-state index in [-0.39, 0.29) is 5.82 Å². The predicted octanol–water partition coefficient (Wildman–Crippen LogP) is 3.67. The lowest BCUT2D eigenvalue weighted by Gasteiger charge is -2.32. The van der Waals surface area contributed by atoms with E-state index in [0.29, 0.717) is 28.0 Å². The highest BCUT2D eigenvalue weighted by molar-refractivity contribution is 9.10. The molecule has 1 aliphatic rings. The van der Waals surface area contributed by atoms with Gasteiger partial charge in [-0.05, 0) is 40.8 Å². The number of aromatic nitrogens is 1. The maximum Gasteiger partial charge on any atom is 0.139 e. The second kappa shape index (κ2) is 6.69. The summed E-state index contributed by atoms with van der Waals surface area (Å²) in [6.45, 7) is 1.69. The number of nitriles is 1. The molecule has 2 aromatic rings. The first-order valence-corrected chi connectivity index (χ1v) is 8.29. The standard InChI is InChI=1S/C16H17BrFN5/c17-12-7-11-15(8-13(12)18)21-9-14(20)16(11)22-23-5-2-10(1-4-19)3-6-23/h7-10H,1-3,5-6,20H2,(H,21,22). The number of hydrazine groups is 1. The van der Waals surface area contributed by atoms with Gasteiger partial charge in [0.05, 0.1) is 33.6 Å². The van der Waals surface area contributed by atoms with Gasteiger partial charge in [-0.15, -0.1) is 0 Å². The lowest BCUT2D eigenvalue weighted by molar-refractivity contribution is 0.219. The molecule has 0 spiro atoms. The van der Waals surface area contributed by atoms with Crippen LogP contribution >= 0.6 is 15.9 Å². The molecule has 3 N–H and O–H groups in total. The molecule has 0 radical (unpaired) electrons. The molecular formula is C16H17BrFN5. The Morgan fingerprint density at radius 1 is 1.43 bits per heavy atom. The van der Waals surface area contributed by atoms with Crippen molar-refractivity contribution in [1.29, 1.82) is 5.26 Å². The van der Waals surface area contributed by atoms with Crippen LogP contribution in [-0.2, 0) is 0 Å². The zero-order valence-electron chi connectivity index (χ0n) is 12.5. The largest absolute Gasteiger partial charge is 0.396 e.